The van der Waals surface area contributed by atoms with Crippen molar-refractivity contribution >= 4 is 5.65 Å². The van der Waals surface area contributed by atoms with Crippen molar-refractivity contribution in [2.45, 2.75) is 12.8 Å². The van der Waals surface area contributed by atoms with Gasteiger partial charge in [-0.05, 0) is 43.2 Å². The maximum atomic E-state index is 14.2. The number of hydrogen-bond donors (Lipinski definition) is 0. The maximum Gasteiger partial charge on any atom is 0.170 e. The molecule has 0 fully saturated rings. The molecule has 0 amide bonds. The van der Waals surface area contributed by atoms with Crippen LogP contribution in [0.1, 0.15) is 11.3 Å². The van der Waals surface area contributed by atoms with Gasteiger partial charge in [-0.15, -0.1) is 10.2 Å². The highest BCUT2D eigenvalue weighted by Crippen LogP contribution is 2.26. The summed E-state index contributed by atoms with van der Waals surface area (Å²) in [7, 11) is 3.44. The lowest BCUT2D eigenvalue weighted by molar-refractivity contribution is 0.404. The molecule has 4 aromatic rings. The molecule has 132 valence electrons. The molecule has 0 aliphatic rings. The second-order valence-electron chi connectivity index (χ2n) is 6.02. The van der Waals surface area contributed by atoms with Crippen LogP contribution in [0.2, 0.25) is 0 Å². The minimum atomic E-state index is -0.254. The maximum absolute atomic E-state index is 14.2. The fraction of sp³-hybridized carbons (Fsp3) is 0.211. The first-order valence-electron chi connectivity index (χ1n) is 8.30. The van der Waals surface area contributed by atoms with Crippen LogP contribution >= 0.6 is 0 Å². The van der Waals surface area contributed by atoms with Crippen LogP contribution in [0.5, 0.6) is 5.75 Å². The summed E-state index contributed by atoms with van der Waals surface area (Å²) in [5.74, 6) is 0.312. The Morgan fingerprint density at radius 3 is 2.77 bits per heavy atom. The predicted octanol–water partition coefficient (Wildman–Crippen LogP) is 3.06. The van der Waals surface area contributed by atoms with Crippen LogP contribution in [-0.2, 0) is 19.9 Å². The van der Waals surface area contributed by atoms with Crippen molar-refractivity contribution in [3.05, 3.63) is 66.0 Å². The van der Waals surface area contributed by atoms with E-state index in [2.05, 4.69) is 15.3 Å². The van der Waals surface area contributed by atoms with Crippen LogP contribution in [0.4, 0.5) is 4.39 Å². The van der Waals surface area contributed by atoms with E-state index < -0.39 is 0 Å². The smallest absolute Gasteiger partial charge is 0.170 e. The summed E-state index contributed by atoms with van der Waals surface area (Å²) in [5.41, 5.74) is 4.25. The average Bonchev–Trinajstić information content (AvgIpc) is 3.29. The van der Waals surface area contributed by atoms with Gasteiger partial charge in [0.2, 0.25) is 0 Å². The van der Waals surface area contributed by atoms with E-state index in [1.807, 2.05) is 29.6 Å². The average molecular weight is 351 g/mol. The van der Waals surface area contributed by atoms with Gasteiger partial charge < -0.3 is 4.74 Å². The third-order valence-corrected chi connectivity index (χ3v) is 4.56. The molecule has 0 aliphatic carbocycles. The molecule has 0 atom stereocenters. The summed E-state index contributed by atoms with van der Waals surface area (Å²) in [6, 6.07) is 10.9. The number of ether oxygens (including phenoxy) is 1. The molecule has 4 rings (SSSR count). The zero-order valence-corrected chi connectivity index (χ0v) is 14.6. The molecule has 3 heterocycles. The van der Waals surface area contributed by atoms with Gasteiger partial charge in [0.05, 0.1) is 12.8 Å². The zero-order valence-electron chi connectivity index (χ0n) is 14.6. The second-order valence-corrected chi connectivity index (χ2v) is 6.02. The topological polar surface area (TPSA) is 57.2 Å². The van der Waals surface area contributed by atoms with Gasteiger partial charge in [0, 0.05) is 30.1 Å². The van der Waals surface area contributed by atoms with Crippen molar-refractivity contribution in [2.75, 3.05) is 7.11 Å². The Bertz CT molecular complexity index is 1070. The molecule has 0 N–H and O–H groups in total. The first-order chi connectivity index (χ1) is 12.7. The van der Waals surface area contributed by atoms with E-state index in [1.54, 1.807) is 36.4 Å². The predicted molar refractivity (Wildman–Crippen MR) is 95.5 cm³/mol. The second kappa shape index (κ2) is 6.59. The monoisotopic (exact) mass is 351 g/mol. The largest absolute Gasteiger partial charge is 0.496 e. The number of nitrogens with zero attached hydrogens (tertiary/aromatic N) is 5. The van der Waals surface area contributed by atoms with Gasteiger partial charge in [0.25, 0.3) is 0 Å². The molecule has 0 saturated heterocycles. The molecule has 0 radical (unpaired) electrons. The molecule has 7 heteroatoms. The van der Waals surface area contributed by atoms with Crippen LogP contribution in [-0.4, -0.2) is 31.5 Å². The van der Waals surface area contributed by atoms with E-state index in [0.29, 0.717) is 24.2 Å². The Morgan fingerprint density at radius 2 is 2.00 bits per heavy atom. The molecule has 26 heavy (non-hydrogen) atoms. The number of pyridine rings is 1. The summed E-state index contributed by atoms with van der Waals surface area (Å²) >= 11 is 0. The van der Waals surface area contributed by atoms with Gasteiger partial charge in [-0.3, -0.25) is 9.08 Å². The van der Waals surface area contributed by atoms with E-state index >= 15 is 0 Å². The lowest BCUT2D eigenvalue weighted by Crippen LogP contribution is -2.04. The minimum absolute atomic E-state index is 0.254. The summed E-state index contributed by atoms with van der Waals surface area (Å²) < 4.78 is 23.2. The lowest BCUT2D eigenvalue weighted by Gasteiger charge is -2.11. The first kappa shape index (κ1) is 16.3. The quantitative estimate of drug-likeness (QED) is 0.554. The van der Waals surface area contributed by atoms with Gasteiger partial charge in [-0.25, -0.2) is 4.39 Å². The van der Waals surface area contributed by atoms with Gasteiger partial charge in [0.15, 0.2) is 5.65 Å². The molecule has 6 nitrogen and oxygen atoms in total. The highest BCUT2D eigenvalue weighted by molar-refractivity contribution is 5.75. The number of fused-ring (bicyclic) bond motifs is 1. The van der Waals surface area contributed by atoms with Gasteiger partial charge in [-0.2, -0.15) is 5.10 Å². The first-order valence-corrected chi connectivity index (χ1v) is 8.30. The van der Waals surface area contributed by atoms with Gasteiger partial charge in [-0.1, -0.05) is 6.07 Å². The highest BCUT2D eigenvalue weighted by Gasteiger charge is 2.14. The van der Waals surface area contributed by atoms with E-state index in [9.17, 15) is 4.39 Å². The van der Waals surface area contributed by atoms with Crippen LogP contribution in [0, 0.1) is 5.82 Å². The van der Waals surface area contributed by atoms with Crippen molar-refractivity contribution in [1.29, 1.82) is 0 Å². The number of halogens is 1. The number of rotatable bonds is 5. The molecule has 0 spiro atoms. The van der Waals surface area contributed by atoms with E-state index in [1.165, 1.54) is 6.07 Å². The summed E-state index contributed by atoms with van der Waals surface area (Å²) in [5, 5.41) is 12.5. The van der Waals surface area contributed by atoms with Crippen molar-refractivity contribution in [2.24, 2.45) is 7.05 Å². The van der Waals surface area contributed by atoms with Crippen LogP contribution in [0.3, 0.4) is 0 Å². The third kappa shape index (κ3) is 2.71. The van der Waals surface area contributed by atoms with Crippen LogP contribution in [0.25, 0.3) is 16.9 Å². The Labute approximate surface area is 149 Å². The lowest BCUT2D eigenvalue weighted by atomic mass is 10.0. The fourth-order valence-electron chi connectivity index (χ4n) is 3.23. The Morgan fingerprint density at radius 1 is 1.12 bits per heavy atom. The molecule has 3 aromatic heterocycles. The summed E-state index contributed by atoms with van der Waals surface area (Å²) in [6.45, 7) is 0. The molecule has 1 aromatic carbocycles. The van der Waals surface area contributed by atoms with E-state index in [0.717, 1.165) is 22.6 Å². The Kier molecular flexibility index (Phi) is 4.12. The highest BCUT2D eigenvalue weighted by atomic mass is 19.1. The van der Waals surface area contributed by atoms with Crippen molar-refractivity contribution < 1.29 is 9.13 Å². The number of benzene rings is 1. The fourth-order valence-corrected chi connectivity index (χ4v) is 3.23. The number of hydrogen-bond acceptors (Lipinski definition) is 4. The molecular formula is C19H18FN5O. The number of aryl methyl sites for hydroxylation is 2. The minimum Gasteiger partial charge on any atom is -0.496 e. The van der Waals surface area contributed by atoms with Crippen LogP contribution < -0.4 is 4.74 Å². The summed E-state index contributed by atoms with van der Waals surface area (Å²) in [4.78, 5) is 0. The number of aromatic nitrogens is 5. The molecule has 0 unspecified atom stereocenters. The normalized spacial score (nSPS) is 11.2. The molecular weight excluding hydrogens is 333 g/mol. The van der Waals surface area contributed by atoms with Crippen molar-refractivity contribution in [3.63, 3.8) is 0 Å². The van der Waals surface area contributed by atoms with E-state index in [4.69, 9.17) is 4.74 Å². The third-order valence-electron chi connectivity index (χ3n) is 4.56. The SMILES string of the molecule is COc1cccc(F)c1CCc1ccc(-c2ccnn2C)c2nncn12. The van der Waals surface area contributed by atoms with E-state index in [-0.39, 0.29) is 5.82 Å². The van der Waals surface area contributed by atoms with Crippen molar-refractivity contribution in [3.8, 4) is 17.0 Å². The summed E-state index contributed by atoms with van der Waals surface area (Å²) in [6.07, 6.45) is 4.59. The molecule has 0 aliphatic heterocycles. The zero-order chi connectivity index (χ0) is 18.1. The van der Waals surface area contributed by atoms with Gasteiger partial charge in [0.1, 0.15) is 17.9 Å². The Balaban J connectivity index is 1.69. The number of methoxy groups -OCH3 is 1. The standard InChI is InChI=1S/C19H18FN5O/c1-24-17(10-11-22-24)15-9-7-13(25-12-21-23-19(15)25)6-8-14-16(20)4-3-5-18(14)26-2/h3-5,7,9-12H,6,8H2,1-2H3. The van der Waals surface area contributed by atoms with Gasteiger partial charge >= 0.3 is 0 Å². The van der Waals surface area contributed by atoms with Crippen LogP contribution in [0.15, 0.2) is 48.9 Å². The van der Waals surface area contributed by atoms with Crippen molar-refractivity contribution in [1.82, 2.24) is 24.4 Å². The molecule has 0 bridgehead atoms. The Hall–Kier alpha value is -3.22. The molecule has 0 saturated carbocycles.